The van der Waals surface area contributed by atoms with Crippen LogP contribution in [0.5, 0.6) is 5.75 Å². The number of aromatic nitrogens is 4. The Morgan fingerprint density at radius 1 is 0.764 bits per heavy atom. The first-order valence-electron chi connectivity index (χ1n) is 19.3. The van der Waals surface area contributed by atoms with Crippen molar-refractivity contribution >= 4 is 29.1 Å². The van der Waals surface area contributed by atoms with E-state index in [1.54, 1.807) is 11.7 Å². The maximum atomic E-state index is 13.6. The number of nitrogens with zero attached hydrogens (tertiary/aromatic N) is 3. The SMILES string of the molecule is CCCCCCC(=O)OCC(COC(=O)CCCCCC)OCn1cnc2c(=O)[nH]c(NC(c3ccccc3)(c3ccccc3)c3ccc(OC)cc3)nc21. The second-order valence-electron chi connectivity index (χ2n) is 13.5. The van der Waals surface area contributed by atoms with E-state index in [-0.39, 0.29) is 49.0 Å². The third-order valence-corrected chi connectivity index (χ3v) is 9.50. The van der Waals surface area contributed by atoms with Crippen LogP contribution in [0.1, 0.15) is 94.7 Å². The lowest BCUT2D eigenvalue weighted by atomic mass is 9.77. The van der Waals surface area contributed by atoms with Crippen LogP contribution in [0, 0.1) is 0 Å². The van der Waals surface area contributed by atoms with E-state index in [0.29, 0.717) is 18.6 Å². The lowest BCUT2D eigenvalue weighted by Gasteiger charge is -2.37. The van der Waals surface area contributed by atoms with Gasteiger partial charge in [0.2, 0.25) is 5.95 Å². The third-order valence-electron chi connectivity index (χ3n) is 9.50. The van der Waals surface area contributed by atoms with Crippen molar-refractivity contribution in [1.29, 1.82) is 0 Å². The fourth-order valence-electron chi connectivity index (χ4n) is 6.46. The standard InChI is InChI=1S/C43H53N5O7/c1-4-6-8-16-22-37(49)53-28-36(29-54-38(50)23-17-9-7-5-2)55-31-48-30-44-39-40(48)45-42(46-41(39)51)47-43(32-18-12-10-13-19-32,33-20-14-11-15-21-33)34-24-26-35(52-3)27-25-34/h10-15,18-21,24-27,30,36H,4-9,16-17,22-23,28-29,31H2,1-3H3,(H2,45,46,47,51). The molecule has 0 atom stereocenters. The minimum Gasteiger partial charge on any atom is -0.497 e. The molecule has 0 spiro atoms. The summed E-state index contributed by atoms with van der Waals surface area (Å²) in [6.07, 6.45) is 8.99. The van der Waals surface area contributed by atoms with Crippen molar-refractivity contribution in [2.45, 2.75) is 96.4 Å². The van der Waals surface area contributed by atoms with E-state index in [1.807, 2.05) is 84.9 Å². The number of methoxy groups -OCH3 is 1. The summed E-state index contributed by atoms with van der Waals surface area (Å²) in [5, 5.41) is 3.60. The fourth-order valence-corrected chi connectivity index (χ4v) is 6.46. The predicted octanol–water partition coefficient (Wildman–Crippen LogP) is 7.90. The summed E-state index contributed by atoms with van der Waals surface area (Å²) in [6, 6.07) is 27.6. The molecule has 0 radical (unpaired) electrons. The molecule has 12 nitrogen and oxygen atoms in total. The molecule has 5 aromatic rings. The van der Waals surface area contributed by atoms with Crippen LogP contribution in [0.25, 0.3) is 11.2 Å². The topological polar surface area (TPSA) is 147 Å². The Balaban J connectivity index is 1.42. The van der Waals surface area contributed by atoms with Gasteiger partial charge < -0.3 is 24.3 Å². The predicted molar refractivity (Wildman–Crippen MR) is 212 cm³/mol. The van der Waals surface area contributed by atoms with Crippen LogP contribution in [-0.4, -0.2) is 57.9 Å². The molecular formula is C43H53N5O7. The molecule has 2 aromatic heterocycles. The second kappa shape index (κ2) is 20.8. The minimum absolute atomic E-state index is 0.0955. The fraction of sp³-hybridized carbons (Fsp3) is 0.419. The highest BCUT2D eigenvalue weighted by molar-refractivity contribution is 5.72. The van der Waals surface area contributed by atoms with E-state index in [9.17, 15) is 14.4 Å². The number of anilines is 1. The van der Waals surface area contributed by atoms with Gasteiger partial charge in [-0.25, -0.2) is 4.98 Å². The monoisotopic (exact) mass is 751 g/mol. The molecule has 2 heterocycles. The van der Waals surface area contributed by atoms with Crippen LogP contribution >= 0.6 is 0 Å². The van der Waals surface area contributed by atoms with Crippen molar-refractivity contribution in [3.63, 3.8) is 0 Å². The zero-order valence-electron chi connectivity index (χ0n) is 32.1. The number of hydrogen-bond donors (Lipinski definition) is 2. The number of H-pyrrole nitrogens is 1. The number of carbonyl (C=O) groups is 2. The highest BCUT2D eigenvalue weighted by Crippen LogP contribution is 2.40. The molecule has 0 amide bonds. The molecule has 0 aliphatic rings. The number of benzene rings is 3. The Labute approximate surface area is 322 Å². The van der Waals surface area contributed by atoms with Crippen LogP contribution in [0.4, 0.5) is 5.95 Å². The number of unbranched alkanes of at least 4 members (excludes halogenated alkanes) is 6. The van der Waals surface area contributed by atoms with Gasteiger partial charge in [0.25, 0.3) is 5.56 Å². The molecule has 0 saturated carbocycles. The van der Waals surface area contributed by atoms with Crippen LogP contribution in [-0.2, 0) is 36.1 Å². The number of nitrogens with one attached hydrogen (secondary N) is 2. The van der Waals surface area contributed by atoms with Gasteiger partial charge in [0.1, 0.15) is 37.3 Å². The number of ether oxygens (including phenoxy) is 4. The Morgan fingerprint density at radius 3 is 1.84 bits per heavy atom. The number of fused-ring (bicyclic) bond motifs is 1. The molecule has 55 heavy (non-hydrogen) atoms. The van der Waals surface area contributed by atoms with E-state index in [0.717, 1.165) is 68.1 Å². The van der Waals surface area contributed by atoms with Gasteiger partial charge in [-0.3, -0.25) is 23.9 Å². The Hall–Kier alpha value is -5.49. The Morgan fingerprint density at radius 2 is 1.31 bits per heavy atom. The quantitative estimate of drug-likeness (QED) is 0.0384. The van der Waals surface area contributed by atoms with Gasteiger partial charge in [0.05, 0.1) is 13.4 Å². The summed E-state index contributed by atoms with van der Waals surface area (Å²) >= 11 is 0. The van der Waals surface area contributed by atoms with Crippen LogP contribution in [0.3, 0.4) is 0 Å². The number of aromatic amines is 1. The minimum atomic E-state index is -0.994. The van der Waals surface area contributed by atoms with Crippen molar-refractivity contribution in [3.8, 4) is 5.75 Å². The molecule has 0 aliphatic heterocycles. The zero-order valence-corrected chi connectivity index (χ0v) is 32.1. The summed E-state index contributed by atoms with van der Waals surface area (Å²) in [4.78, 5) is 50.7. The summed E-state index contributed by atoms with van der Waals surface area (Å²) in [7, 11) is 1.62. The van der Waals surface area contributed by atoms with Crippen LogP contribution in [0.15, 0.2) is 96.1 Å². The van der Waals surface area contributed by atoms with Crippen molar-refractivity contribution in [2.24, 2.45) is 0 Å². The molecule has 0 unspecified atom stereocenters. The summed E-state index contributed by atoms with van der Waals surface area (Å²) in [5.41, 5.74) is 1.66. The number of carbonyl (C=O) groups excluding carboxylic acids is 2. The second-order valence-corrected chi connectivity index (χ2v) is 13.5. The van der Waals surface area contributed by atoms with Gasteiger partial charge in [0, 0.05) is 12.8 Å². The van der Waals surface area contributed by atoms with Gasteiger partial charge in [-0.15, -0.1) is 0 Å². The highest BCUT2D eigenvalue weighted by atomic mass is 16.6. The lowest BCUT2D eigenvalue weighted by molar-refractivity contribution is -0.157. The van der Waals surface area contributed by atoms with Crippen LogP contribution < -0.4 is 15.6 Å². The first kappa shape index (κ1) is 40.7. The molecule has 292 valence electrons. The van der Waals surface area contributed by atoms with E-state index < -0.39 is 17.2 Å². The maximum absolute atomic E-state index is 13.6. The summed E-state index contributed by atoms with van der Waals surface area (Å²) in [5.74, 6) is 0.250. The Bertz CT molecular complexity index is 1910. The lowest BCUT2D eigenvalue weighted by Crippen LogP contribution is -2.39. The molecule has 0 aliphatic carbocycles. The van der Waals surface area contributed by atoms with Crippen molar-refractivity contribution < 1.29 is 28.5 Å². The van der Waals surface area contributed by atoms with Crippen LogP contribution in [0.2, 0.25) is 0 Å². The molecule has 0 fully saturated rings. The van der Waals surface area contributed by atoms with Gasteiger partial charge in [0.15, 0.2) is 11.2 Å². The molecule has 0 bridgehead atoms. The van der Waals surface area contributed by atoms with Gasteiger partial charge in [-0.1, -0.05) is 125 Å². The largest absolute Gasteiger partial charge is 0.497 e. The maximum Gasteiger partial charge on any atom is 0.305 e. The zero-order chi connectivity index (χ0) is 38.9. The first-order chi connectivity index (χ1) is 26.9. The first-order valence-corrected chi connectivity index (χ1v) is 19.3. The number of rotatable bonds is 23. The molecule has 0 saturated heterocycles. The molecule has 5 rings (SSSR count). The smallest absolute Gasteiger partial charge is 0.305 e. The van der Waals surface area contributed by atoms with Gasteiger partial charge >= 0.3 is 11.9 Å². The highest BCUT2D eigenvalue weighted by Gasteiger charge is 2.37. The van der Waals surface area contributed by atoms with E-state index in [2.05, 4.69) is 29.1 Å². The summed E-state index contributed by atoms with van der Waals surface area (Å²) < 4.78 is 24.3. The summed E-state index contributed by atoms with van der Waals surface area (Å²) in [6.45, 7) is 3.94. The third kappa shape index (κ3) is 11.0. The average Bonchev–Trinajstić information content (AvgIpc) is 3.64. The molecule has 2 N–H and O–H groups in total. The number of esters is 2. The molecular weight excluding hydrogens is 699 g/mol. The van der Waals surface area contributed by atoms with Gasteiger partial charge in [-0.05, 0) is 41.7 Å². The van der Waals surface area contributed by atoms with Crippen molar-refractivity contribution in [3.05, 3.63) is 118 Å². The van der Waals surface area contributed by atoms with Crippen molar-refractivity contribution in [1.82, 2.24) is 19.5 Å². The molecule has 3 aromatic carbocycles. The Kier molecular flexibility index (Phi) is 15.4. The van der Waals surface area contributed by atoms with Gasteiger partial charge in [-0.2, -0.15) is 4.98 Å². The normalized spacial score (nSPS) is 11.5. The number of hydrogen-bond acceptors (Lipinski definition) is 10. The van der Waals surface area contributed by atoms with Crippen molar-refractivity contribution in [2.75, 3.05) is 25.6 Å². The van der Waals surface area contributed by atoms with E-state index >= 15 is 0 Å². The number of imidazole rings is 1. The van der Waals surface area contributed by atoms with E-state index in [1.165, 1.54) is 6.33 Å². The average molecular weight is 752 g/mol. The molecule has 12 heteroatoms. The van der Waals surface area contributed by atoms with E-state index in [4.69, 9.17) is 23.9 Å².